The van der Waals surface area contributed by atoms with Gasteiger partial charge in [-0.3, -0.25) is 9.88 Å². The summed E-state index contributed by atoms with van der Waals surface area (Å²) in [6, 6.07) is 6.41. The summed E-state index contributed by atoms with van der Waals surface area (Å²) in [5.74, 6) is 0.683. The van der Waals surface area contributed by atoms with E-state index in [1.165, 1.54) is 25.2 Å². The summed E-state index contributed by atoms with van der Waals surface area (Å²) in [7, 11) is 2.21. The number of likely N-dealkylation sites (N-methyl/N-ethyl adjacent to an activating group) is 1. The maximum absolute atomic E-state index is 4.80. The molecule has 4 nitrogen and oxygen atoms in total. The third kappa shape index (κ3) is 6.12. The van der Waals surface area contributed by atoms with E-state index in [9.17, 15) is 0 Å². The Morgan fingerprint density at radius 3 is 2.76 bits per heavy atom. The lowest BCUT2D eigenvalue weighted by atomic mass is 10.2. The van der Waals surface area contributed by atoms with Crippen LogP contribution in [-0.2, 0) is 13.1 Å². The minimum atomic E-state index is 0.683. The van der Waals surface area contributed by atoms with E-state index in [-0.39, 0.29) is 0 Å². The van der Waals surface area contributed by atoms with Crippen molar-refractivity contribution in [3.05, 3.63) is 29.6 Å². The highest BCUT2D eigenvalue weighted by Gasteiger charge is 2.12. The molecule has 4 heteroatoms. The molecule has 0 atom stereocenters. The predicted octanol–water partition coefficient (Wildman–Crippen LogP) is 1.96. The van der Waals surface area contributed by atoms with E-state index in [1.807, 2.05) is 0 Å². The van der Waals surface area contributed by atoms with Gasteiger partial charge in [0.15, 0.2) is 0 Å². The van der Waals surface area contributed by atoms with Crippen LogP contribution in [0.25, 0.3) is 0 Å². The van der Waals surface area contributed by atoms with Crippen LogP contribution in [0.15, 0.2) is 18.2 Å². The lowest BCUT2D eigenvalue weighted by molar-refractivity contribution is 0.266. The molecule has 118 valence electrons. The number of hydrogen-bond donors (Lipinski definition) is 1. The summed E-state index contributed by atoms with van der Waals surface area (Å²) >= 11 is 0. The molecule has 2 heterocycles. The molecule has 2 rings (SSSR count). The first kappa shape index (κ1) is 16.4. The second-order valence-corrected chi connectivity index (χ2v) is 6.58. The normalized spacial score (nSPS) is 18.1. The van der Waals surface area contributed by atoms with Crippen LogP contribution in [0, 0.1) is 5.92 Å². The number of rotatable bonds is 6. The third-order valence-electron chi connectivity index (χ3n) is 3.92. The largest absolute Gasteiger partial charge is 0.311 e. The fraction of sp³-hybridized carbons (Fsp3) is 0.706. The Morgan fingerprint density at radius 2 is 1.95 bits per heavy atom. The van der Waals surface area contributed by atoms with Gasteiger partial charge in [0.25, 0.3) is 0 Å². The van der Waals surface area contributed by atoms with Gasteiger partial charge in [-0.25, -0.2) is 0 Å². The van der Waals surface area contributed by atoms with E-state index in [0.717, 1.165) is 38.4 Å². The van der Waals surface area contributed by atoms with Crippen LogP contribution in [-0.4, -0.2) is 54.6 Å². The first-order chi connectivity index (χ1) is 10.1. The number of nitrogens with one attached hydrogen (secondary N) is 1. The average Bonchev–Trinajstić information content (AvgIpc) is 2.64. The van der Waals surface area contributed by atoms with Crippen molar-refractivity contribution in [2.75, 3.05) is 39.8 Å². The molecule has 0 aromatic carbocycles. The highest BCUT2D eigenvalue weighted by molar-refractivity contribution is 5.11. The zero-order valence-corrected chi connectivity index (χ0v) is 13.8. The molecule has 0 aliphatic carbocycles. The zero-order chi connectivity index (χ0) is 15.1. The standard InChI is InChI=1S/C17H30N4/c1-15(2)12-18-13-16-6-4-7-17(19-16)14-21-9-5-8-20(3)10-11-21/h4,6-7,15,18H,5,8-14H2,1-3H3. The van der Waals surface area contributed by atoms with Gasteiger partial charge in [0.2, 0.25) is 0 Å². The van der Waals surface area contributed by atoms with E-state index in [4.69, 9.17) is 4.98 Å². The first-order valence-electron chi connectivity index (χ1n) is 8.20. The van der Waals surface area contributed by atoms with Crippen LogP contribution >= 0.6 is 0 Å². The van der Waals surface area contributed by atoms with Crippen LogP contribution in [0.4, 0.5) is 0 Å². The van der Waals surface area contributed by atoms with E-state index in [1.54, 1.807) is 0 Å². The molecule has 1 aromatic heterocycles. The molecule has 0 bridgehead atoms. The van der Waals surface area contributed by atoms with Crippen LogP contribution < -0.4 is 5.32 Å². The molecule has 0 amide bonds. The van der Waals surface area contributed by atoms with Gasteiger partial charge in [0.1, 0.15) is 0 Å². The second kappa shape index (κ2) is 8.47. The third-order valence-corrected chi connectivity index (χ3v) is 3.92. The number of aromatic nitrogens is 1. The Kier molecular flexibility index (Phi) is 6.61. The van der Waals surface area contributed by atoms with Crippen molar-refractivity contribution in [1.29, 1.82) is 0 Å². The van der Waals surface area contributed by atoms with Crippen molar-refractivity contribution in [2.24, 2.45) is 5.92 Å². The van der Waals surface area contributed by atoms with E-state index in [2.05, 4.69) is 54.2 Å². The Morgan fingerprint density at radius 1 is 1.14 bits per heavy atom. The molecule has 1 N–H and O–H groups in total. The molecule has 0 radical (unpaired) electrons. The smallest absolute Gasteiger partial charge is 0.0547 e. The minimum Gasteiger partial charge on any atom is -0.311 e. The van der Waals surface area contributed by atoms with Crippen LogP contribution in [0.2, 0.25) is 0 Å². The van der Waals surface area contributed by atoms with Crippen molar-refractivity contribution >= 4 is 0 Å². The first-order valence-corrected chi connectivity index (χ1v) is 8.20. The lowest BCUT2D eigenvalue weighted by Gasteiger charge is -2.19. The maximum atomic E-state index is 4.80. The lowest BCUT2D eigenvalue weighted by Crippen LogP contribution is -2.29. The van der Waals surface area contributed by atoms with E-state index in [0.29, 0.717) is 5.92 Å². The maximum Gasteiger partial charge on any atom is 0.0547 e. The molecule has 1 fully saturated rings. The van der Waals surface area contributed by atoms with Gasteiger partial charge in [0, 0.05) is 26.2 Å². The van der Waals surface area contributed by atoms with Gasteiger partial charge in [-0.05, 0) is 51.2 Å². The molecule has 1 aliphatic heterocycles. The average molecular weight is 290 g/mol. The number of nitrogens with zero attached hydrogens (tertiary/aromatic N) is 3. The molecule has 1 aromatic rings. The van der Waals surface area contributed by atoms with Crippen molar-refractivity contribution in [3.8, 4) is 0 Å². The van der Waals surface area contributed by atoms with Gasteiger partial charge in [-0.1, -0.05) is 19.9 Å². The highest BCUT2D eigenvalue weighted by atomic mass is 15.2. The second-order valence-electron chi connectivity index (χ2n) is 6.58. The Bertz CT molecular complexity index is 419. The van der Waals surface area contributed by atoms with Crippen LogP contribution in [0.3, 0.4) is 0 Å². The van der Waals surface area contributed by atoms with Crippen LogP contribution in [0.1, 0.15) is 31.7 Å². The summed E-state index contributed by atoms with van der Waals surface area (Å²) in [5, 5.41) is 3.46. The summed E-state index contributed by atoms with van der Waals surface area (Å²) in [4.78, 5) is 9.74. The molecule has 1 aliphatic rings. The Labute approximate surface area is 129 Å². The fourth-order valence-electron chi connectivity index (χ4n) is 2.69. The quantitative estimate of drug-likeness (QED) is 0.868. The van der Waals surface area contributed by atoms with Crippen molar-refractivity contribution in [3.63, 3.8) is 0 Å². The molecule has 0 saturated carbocycles. The molecular weight excluding hydrogens is 260 g/mol. The van der Waals surface area contributed by atoms with E-state index >= 15 is 0 Å². The summed E-state index contributed by atoms with van der Waals surface area (Å²) < 4.78 is 0. The minimum absolute atomic E-state index is 0.683. The topological polar surface area (TPSA) is 31.4 Å². The van der Waals surface area contributed by atoms with E-state index < -0.39 is 0 Å². The summed E-state index contributed by atoms with van der Waals surface area (Å²) in [6.45, 7) is 12.1. The van der Waals surface area contributed by atoms with Crippen LogP contribution in [0.5, 0.6) is 0 Å². The SMILES string of the molecule is CC(C)CNCc1cccc(CN2CCCN(C)CC2)n1. The number of hydrogen-bond acceptors (Lipinski definition) is 4. The predicted molar refractivity (Wildman–Crippen MR) is 88.2 cm³/mol. The monoisotopic (exact) mass is 290 g/mol. The fourth-order valence-corrected chi connectivity index (χ4v) is 2.69. The molecule has 21 heavy (non-hydrogen) atoms. The van der Waals surface area contributed by atoms with Crippen molar-refractivity contribution in [2.45, 2.75) is 33.4 Å². The number of pyridine rings is 1. The zero-order valence-electron chi connectivity index (χ0n) is 13.8. The van der Waals surface area contributed by atoms with Gasteiger partial charge < -0.3 is 10.2 Å². The molecule has 0 spiro atoms. The Hall–Kier alpha value is -0.970. The molecule has 1 saturated heterocycles. The van der Waals surface area contributed by atoms with Gasteiger partial charge >= 0.3 is 0 Å². The van der Waals surface area contributed by atoms with Crippen molar-refractivity contribution < 1.29 is 0 Å². The molecule has 0 unspecified atom stereocenters. The highest BCUT2D eigenvalue weighted by Crippen LogP contribution is 2.07. The van der Waals surface area contributed by atoms with Gasteiger partial charge in [0.05, 0.1) is 11.4 Å². The van der Waals surface area contributed by atoms with Gasteiger partial charge in [-0.15, -0.1) is 0 Å². The van der Waals surface area contributed by atoms with Crippen molar-refractivity contribution in [1.82, 2.24) is 20.1 Å². The Balaban J connectivity index is 1.85. The molecular formula is C17H30N4. The van der Waals surface area contributed by atoms with Gasteiger partial charge in [-0.2, -0.15) is 0 Å². The summed E-state index contributed by atoms with van der Waals surface area (Å²) in [5.41, 5.74) is 2.35. The summed E-state index contributed by atoms with van der Waals surface area (Å²) in [6.07, 6.45) is 1.26.